The van der Waals surface area contributed by atoms with Crippen LogP contribution in [0.15, 0.2) is 0 Å². The molecule has 0 heterocycles. The van der Waals surface area contributed by atoms with Crippen molar-refractivity contribution >= 4 is 10.8 Å². The van der Waals surface area contributed by atoms with E-state index < -0.39 is 10.8 Å². The molecule has 0 radical (unpaired) electrons. The number of fused-ring (bicyclic) bond motifs is 2. The molecule has 0 aromatic carbocycles. The van der Waals surface area contributed by atoms with E-state index in [9.17, 15) is 4.21 Å². The van der Waals surface area contributed by atoms with Crippen LogP contribution in [0.1, 0.15) is 39.0 Å². The van der Waals surface area contributed by atoms with Crippen LogP contribution < -0.4 is 5.32 Å². The van der Waals surface area contributed by atoms with Gasteiger partial charge in [0.1, 0.15) is 0 Å². The maximum Gasteiger partial charge on any atom is 0.0329 e. The smallest absolute Gasteiger partial charge is 0.0329 e. The zero-order valence-electron chi connectivity index (χ0n) is 10.6. The van der Waals surface area contributed by atoms with Gasteiger partial charge in [-0.2, -0.15) is 0 Å². The third kappa shape index (κ3) is 3.07. The van der Waals surface area contributed by atoms with Crippen LogP contribution in [0.5, 0.6) is 0 Å². The van der Waals surface area contributed by atoms with Gasteiger partial charge in [0.15, 0.2) is 0 Å². The maximum atomic E-state index is 11.2. The lowest BCUT2D eigenvalue weighted by Gasteiger charge is -2.22. The molecular formula is C13H25NOS. The SMILES string of the molecule is CC(CCNCC1CC2CCC1C2)S(C)=O. The monoisotopic (exact) mass is 243 g/mol. The Morgan fingerprint density at radius 2 is 2.19 bits per heavy atom. The first kappa shape index (κ1) is 12.6. The Kier molecular flexibility index (Phi) is 4.42. The number of rotatable bonds is 6. The van der Waals surface area contributed by atoms with Gasteiger partial charge in [-0.1, -0.05) is 13.3 Å². The molecule has 2 aliphatic rings. The lowest BCUT2D eigenvalue weighted by molar-refractivity contribution is 0.319. The van der Waals surface area contributed by atoms with Crippen LogP contribution in [0.3, 0.4) is 0 Å². The van der Waals surface area contributed by atoms with E-state index in [2.05, 4.69) is 12.2 Å². The van der Waals surface area contributed by atoms with Crippen molar-refractivity contribution in [2.24, 2.45) is 17.8 Å². The summed E-state index contributed by atoms with van der Waals surface area (Å²) in [4.78, 5) is 0. The van der Waals surface area contributed by atoms with Gasteiger partial charge < -0.3 is 5.32 Å². The van der Waals surface area contributed by atoms with E-state index >= 15 is 0 Å². The van der Waals surface area contributed by atoms with Crippen LogP contribution in [-0.4, -0.2) is 28.8 Å². The second-order valence-corrected chi connectivity index (χ2v) is 7.54. The minimum atomic E-state index is -0.657. The fourth-order valence-corrected chi connectivity index (χ4v) is 3.83. The first-order valence-electron chi connectivity index (χ1n) is 6.69. The number of hydrogen-bond acceptors (Lipinski definition) is 2. The molecule has 0 spiro atoms. The molecule has 0 aromatic heterocycles. The summed E-state index contributed by atoms with van der Waals surface area (Å²) in [5.41, 5.74) is 0. The highest BCUT2D eigenvalue weighted by Crippen LogP contribution is 2.47. The van der Waals surface area contributed by atoms with Crippen LogP contribution in [0.2, 0.25) is 0 Å². The Bertz CT molecular complexity index is 256. The molecule has 2 bridgehead atoms. The molecule has 1 N–H and O–H groups in total. The highest BCUT2D eigenvalue weighted by Gasteiger charge is 2.38. The standard InChI is InChI=1S/C13H25NOS/c1-10(16(2)15)5-6-14-9-13-8-11-3-4-12(13)7-11/h10-14H,3-9H2,1-2H3. The van der Waals surface area contributed by atoms with Crippen LogP contribution in [0.25, 0.3) is 0 Å². The van der Waals surface area contributed by atoms with Crippen molar-refractivity contribution in [1.29, 1.82) is 0 Å². The van der Waals surface area contributed by atoms with E-state index in [1.807, 2.05) is 0 Å². The Balaban J connectivity index is 1.57. The molecule has 0 amide bonds. The molecule has 3 heteroatoms. The summed E-state index contributed by atoms with van der Waals surface area (Å²) in [5.74, 6) is 3.02. The Hall–Kier alpha value is 0.110. The quantitative estimate of drug-likeness (QED) is 0.724. The van der Waals surface area contributed by atoms with Gasteiger partial charge in [0.05, 0.1) is 0 Å². The summed E-state index contributed by atoms with van der Waals surface area (Å²) < 4.78 is 11.2. The molecular weight excluding hydrogens is 218 g/mol. The van der Waals surface area contributed by atoms with Gasteiger partial charge in [0, 0.05) is 22.3 Å². The molecule has 0 aliphatic heterocycles. The van der Waals surface area contributed by atoms with Crippen molar-refractivity contribution in [2.75, 3.05) is 19.3 Å². The van der Waals surface area contributed by atoms with Crippen LogP contribution in [-0.2, 0) is 10.8 Å². The predicted octanol–water partition coefficient (Wildman–Crippen LogP) is 2.17. The van der Waals surface area contributed by atoms with E-state index in [0.29, 0.717) is 5.25 Å². The zero-order chi connectivity index (χ0) is 11.5. The van der Waals surface area contributed by atoms with Crippen molar-refractivity contribution in [3.63, 3.8) is 0 Å². The topological polar surface area (TPSA) is 29.1 Å². The fourth-order valence-electron chi connectivity index (χ4n) is 3.39. The van der Waals surface area contributed by atoms with Crippen molar-refractivity contribution in [1.82, 2.24) is 5.32 Å². The molecule has 5 atom stereocenters. The summed E-state index contributed by atoms with van der Waals surface area (Å²) in [6.07, 6.45) is 8.79. The van der Waals surface area contributed by atoms with E-state index in [1.165, 1.54) is 32.2 Å². The average Bonchev–Trinajstić information content (AvgIpc) is 2.85. The van der Waals surface area contributed by atoms with E-state index in [0.717, 1.165) is 30.7 Å². The highest BCUT2D eigenvalue weighted by molar-refractivity contribution is 7.84. The largest absolute Gasteiger partial charge is 0.316 e. The molecule has 5 unspecified atom stereocenters. The maximum absolute atomic E-state index is 11.2. The Labute approximate surface area is 102 Å². The summed E-state index contributed by atoms with van der Waals surface area (Å²) >= 11 is 0. The fraction of sp³-hybridized carbons (Fsp3) is 1.00. The molecule has 2 rings (SSSR count). The minimum Gasteiger partial charge on any atom is -0.316 e. The molecule has 2 aliphatic carbocycles. The molecule has 0 saturated heterocycles. The predicted molar refractivity (Wildman–Crippen MR) is 70.0 cm³/mol. The first-order chi connectivity index (χ1) is 7.66. The second-order valence-electron chi connectivity index (χ2n) is 5.74. The lowest BCUT2D eigenvalue weighted by Crippen LogP contribution is -2.29. The molecule has 2 saturated carbocycles. The molecule has 2 fully saturated rings. The van der Waals surface area contributed by atoms with E-state index in [4.69, 9.17) is 0 Å². The number of nitrogens with one attached hydrogen (secondary N) is 1. The zero-order valence-corrected chi connectivity index (χ0v) is 11.4. The Morgan fingerprint density at radius 1 is 1.38 bits per heavy atom. The van der Waals surface area contributed by atoms with Crippen molar-refractivity contribution in [3.05, 3.63) is 0 Å². The summed E-state index contributed by atoms with van der Waals surface area (Å²) in [6, 6.07) is 0. The van der Waals surface area contributed by atoms with Gasteiger partial charge in [0.25, 0.3) is 0 Å². The van der Waals surface area contributed by atoms with Gasteiger partial charge in [0.2, 0.25) is 0 Å². The molecule has 16 heavy (non-hydrogen) atoms. The average molecular weight is 243 g/mol. The van der Waals surface area contributed by atoms with Crippen molar-refractivity contribution < 1.29 is 4.21 Å². The summed E-state index contributed by atoms with van der Waals surface area (Å²) in [5, 5.41) is 3.90. The van der Waals surface area contributed by atoms with Gasteiger partial charge in [-0.05, 0) is 56.5 Å². The first-order valence-corrected chi connectivity index (χ1v) is 8.32. The van der Waals surface area contributed by atoms with Crippen LogP contribution in [0.4, 0.5) is 0 Å². The van der Waals surface area contributed by atoms with Crippen molar-refractivity contribution in [2.45, 2.75) is 44.3 Å². The van der Waals surface area contributed by atoms with Gasteiger partial charge in [-0.15, -0.1) is 0 Å². The lowest BCUT2D eigenvalue weighted by atomic mass is 9.89. The van der Waals surface area contributed by atoms with E-state index in [1.54, 1.807) is 6.26 Å². The molecule has 94 valence electrons. The highest BCUT2D eigenvalue weighted by atomic mass is 32.2. The molecule has 0 aromatic rings. The van der Waals surface area contributed by atoms with Gasteiger partial charge in [-0.3, -0.25) is 4.21 Å². The second kappa shape index (κ2) is 5.63. The Morgan fingerprint density at radius 3 is 2.75 bits per heavy atom. The van der Waals surface area contributed by atoms with Crippen LogP contribution >= 0.6 is 0 Å². The van der Waals surface area contributed by atoms with E-state index in [-0.39, 0.29) is 0 Å². The third-order valence-electron chi connectivity index (χ3n) is 4.59. The van der Waals surface area contributed by atoms with Crippen molar-refractivity contribution in [3.8, 4) is 0 Å². The third-order valence-corrected chi connectivity index (χ3v) is 5.95. The van der Waals surface area contributed by atoms with Crippen LogP contribution in [0, 0.1) is 17.8 Å². The normalized spacial score (nSPS) is 36.5. The molecule has 2 nitrogen and oxygen atoms in total. The minimum absolute atomic E-state index is 0.340. The summed E-state index contributed by atoms with van der Waals surface area (Å²) in [6.45, 7) is 4.31. The summed E-state index contributed by atoms with van der Waals surface area (Å²) in [7, 11) is -0.657. The van der Waals surface area contributed by atoms with Gasteiger partial charge in [-0.25, -0.2) is 0 Å². The van der Waals surface area contributed by atoms with Gasteiger partial charge >= 0.3 is 0 Å². The number of hydrogen-bond donors (Lipinski definition) is 1.